The van der Waals surface area contributed by atoms with E-state index in [1.807, 2.05) is 6.92 Å². The fraction of sp³-hybridized carbons (Fsp3) is 1.00. The maximum atomic E-state index is 12.5. The fourth-order valence-electron chi connectivity index (χ4n) is 17.0. The van der Waals surface area contributed by atoms with E-state index in [-0.39, 0.29) is 47.2 Å². The van der Waals surface area contributed by atoms with E-state index < -0.39 is 192 Å². The Hall–Kier alpha value is -1.12. The predicted molar refractivity (Wildman–Crippen MR) is 283 cm³/mol. The summed E-state index contributed by atoms with van der Waals surface area (Å²) in [6, 6.07) is 0. The van der Waals surface area contributed by atoms with Crippen LogP contribution in [0.4, 0.5) is 0 Å². The van der Waals surface area contributed by atoms with E-state index in [1.165, 1.54) is 6.92 Å². The van der Waals surface area contributed by atoms with Gasteiger partial charge in [0.2, 0.25) is 0 Å². The van der Waals surface area contributed by atoms with Gasteiger partial charge in [-0.1, -0.05) is 27.7 Å². The molecule has 17 N–H and O–H groups in total. The van der Waals surface area contributed by atoms with Gasteiger partial charge < -0.3 is 139 Å². The summed E-state index contributed by atoms with van der Waals surface area (Å²) in [5.41, 5.74) is -0.212. The summed E-state index contributed by atoms with van der Waals surface area (Å²) in [5.74, 6) is -0.282. The second kappa shape index (κ2) is 26.5. The Bertz CT molecular complexity index is 2170. The first kappa shape index (κ1) is 66.8. The van der Waals surface area contributed by atoms with Crippen molar-refractivity contribution >= 4 is 0 Å². The van der Waals surface area contributed by atoms with Gasteiger partial charge in [-0.05, 0) is 111 Å². The number of hydrogen-bond acceptors (Lipinski definition) is 28. The highest BCUT2D eigenvalue weighted by Crippen LogP contribution is 2.71. The number of ether oxygens (including phenoxy) is 11. The summed E-state index contributed by atoms with van der Waals surface area (Å²) in [7, 11) is 0. The lowest BCUT2D eigenvalue weighted by atomic mass is 9.44. The molecule has 0 radical (unpaired) electrons. The smallest absolute Gasteiger partial charge is 0.187 e. The molecule has 28 heteroatoms. The van der Waals surface area contributed by atoms with Crippen molar-refractivity contribution in [3.63, 3.8) is 0 Å². The minimum Gasteiger partial charge on any atom is -0.394 e. The Balaban J connectivity index is 0.826. The minimum atomic E-state index is -1.95. The van der Waals surface area contributed by atoms with Crippen molar-refractivity contribution in [1.29, 1.82) is 0 Å². The van der Waals surface area contributed by atoms with Gasteiger partial charge in [-0.2, -0.15) is 0 Å². The second-order valence-corrected chi connectivity index (χ2v) is 27.1. The highest BCUT2D eigenvalue weighted by Gasteiger charge is 2.69. The average Bonchev–Trinajstić information content (AvgIpc) is 1.64. The second-order valence-electron chi connectivity index (χ2n) is 27.1. The molecule has 28 nitrogen and oxygen atoms in total. The Morgan fingerprint density at radius 1 is 0.494 bits per heavy atom. The summed E-state index contributed by atoms with van der Waals surface area (Å²) < 4.78 is 67.0. The molecule has 10 fully saturated rings. The first-order chi connectivity index (χ1) is 40.2. The zero-order chi connectivity index (χ0) is 61.5. The van der Waals surface area contributed by atoms with Crippen molar-refractivity contribution < 1.29 is 139 Å². The third-order valence-electron chi connectivity index (χ3n) is 22.2. The third kappa shape index (κ3) is 12.4. The van der Waals surface area contributed by atoms with Crippen LogP contribution in [-0.2, 0) is 52.1 Å². The molecule has 492 valence electrons. The Kier molecular flexibility index (Phi) is 20.8. The van der Waals surface area contributed by atoms with E-state index in [0.29, 0.717) is 43.4 Å². The van der Waals surface area contributed by atoms with Crippen LogP contribution in [0.5, 0.6) is 0 Å². The van der Waals surface area contributed by atoms with Gasteiger partial charge in [0.1, 0.15) is 116 Å². The van der Waals surface area contributed by atoms with E-state index in [4.69, 9.17) is 52.1 Å². The van der Waals surface area contributed by atoms with E-state index in [0.717, 1.165) is 38.5 Å². The van der Waals surface area contributed by atoms with Crippen molar-refractivity contribution in [1.82, 2.24) is 0 Å². The van der Waals surface area contributed by atoms with E-state index >= 15 is 0 Å². The molecule has 6 aliphatic heterocycles. The lowest BCUT2D eigenvalue weighted by molar-refractivity contribution is -0.395. The van der Waals surface area contributed by atoms with Crippen molar-refractivity contribution in [2.75, 3.05) is 33.0 Å². The highest BCUT2D eigenvalue weighted by atomic mass is 16.8. The molecule has 0 spiro atoms. The maximum absolute atomic E-state index is 12.5. The fourth-order valence-corrected chi connectivity index (χ4v) is 17.0. The molecular formula is C57H96O28. The number of hydrogen-bond donors (Lipinski definition) is 17. The molecule has 6 heterocycles. The number of fused-ring (bicyclic) bond motifs is 7. The van der Waals surface area contributed by atoms with Gasteiger partial charge in [0.05, 0.1) is 51.3 Å². The molecule has 10 rings (SSSR count). The van der Waals surface area contributed by atoms with Gasteiger partial charge >= 0.3 is 0 Å². The number of aliphatic hydroxyl groups is 17. The zero-order valence-corrected chi connectivity index (χ0v) is 48.8. The summed E-state index contributed by atoms with van der Waals surface area (Å²) >= 11 is 0. The monoisotopic (exact) mass is 1230 g/mol. The van der Waals surface area contributed by atoms with Crippen LogP contribution in [0.2, 0.25) is 0 Å². The molecule has 0 aromatic rings. The van der Waals surface area contributed by atoms with Gasteiger partial charge in [0.25, 0.3) is 0 Å². The maximum Gasteiger partial charge on any atom is 0.187 e. The van der Waals surface area contributed by atoms with Gasteiger partial charge in [-0.15, -0.1) is 0 Å². The number of rotatable bonds is 18. The van der Waals surface area contributed by atoms with Gasteiger partial charge in [0, 0.05) is 12.3 Å². The lowest BCUT2D eigenvalue weighted by Gasteiger charge is -2.61. The summed E-state index contributed by atoms with van der Waals surface area (Å²) in [6.07, 6.45) is -34.1. The quantitative estimate of drug-likeness (QED) is 0.0571. The van der Waals surface area contributed by atoms with Crippen LogP contribution in [0.3, 0.4) is 0 Å². The van der Waals surface area contributed by atoms with E-state index in [2.05, 4.69) is 20.8 Å². The molecule has 1 unspecified atom stereocenters. The Labute approximate surface area is 493 Å². The molecular weight excluding hydrogens is 1130 g/mol. The molecule has 0 amide bonds. The molecule has 4 aliphatic carbocycles. The molecule has 0 aromatic carbocycles. The predicted octanol–water partition coefficient (Wildman–Crippen LogP) is -5.10. The van der Waals surface area contributed by atoms with Gasteiger partial charge in [-0.3, -0.25) is 0 Å². The van der Waals surface area contributed by atoms with Crippen molar-refractivity contribution in [3.05, 3.63) is 0 Å². The molecule has 4 saturated carbocycles. The van der Waals surface area contributed by atoms with Gasteiger partial charge in [0.15, 0.2) is 37.2 Å². The van der Waals surface area contributed by atoms with E-state index in [1.54, 1.807) is 0 Å². The molecule has 37 atom stereocenters. The van der Waals surface area contributed by atoms with Crippen LogP contribution < -0.4 is 0 Å². The molecule has 0 bridgehead atoms. The molecule has 0 aromatic heterocycles. The molecule has 6 saturated heterocycles. The largest absolute Gasteiger partial charge is 0.394 e. The summed E-state index contributed by atoms with van der Waals surface area (Å²) in [4.78, 5) is 0. The molecule has 85 heavy (non-hydrogen) atoms. The summed E-state index contributed by atoms with van der Waals surface area (Å²) in [5, 5.41) is 182. The third-order valence-corrected chi connectivity index (χ3v) is 22.2. The zero-order valence-electron chi connectivity index (χ0n) is 48.8. The van der Waals surface area contributed by atoms with Crippen molar-refractivity contribution in [2.24, 2.45) is 52.3 Å². The van der Waals surface area contributed by atoms with Gasteiger partial charge in [-0.25, -0.2) is 0 Å². The standard InChI is InChI=1S/C57H96O28/c1-21(19-75-50-43(69)40(66)36(62)30(16-58)79-50)8-13-57(74)22(2)34-29(85-57)15-28-26-7-6-24-14-25(9-11-55(24,4)27(26)10-12-56(28,34)5)78-54-49(84-53-46(72)42(68)38(64)32(18-60)81-53)47(73)48(83-52-45(71)39(65)35(61)23(3)77-52)33(82-54)20-76-51-44(70)41(67)37(63)31(17-59)80-51/h21-54,58-74H,6-20H2,1-5H3/t21-,22-,23-,24+,25-,26+,27-,28-,29?,30+,31+,32+,33+,34-,35-,36+,37+,38+,39+,40-,41-,42-,43+,44+,45+,46+,47-,48+,49+,50+,51+,52-,53-,54+,55-,56-,57+/m0/s1. The Morgan fingerprint density at radius 2 is 1.01 bits per heavy atom. The lowest BCUT2D eigenvalue weighted by Crippen LogP contribution is -2.67. The number of aliphatic hydroxyl groups excluding tert-OH is 16. The van der Waals surface area contributed by atoms with Crippen LogP contribution in [-0.4, -0.2) is 291 Å². The van der Waals surface area contributed by atoms with Crippen molar-refractivity contribution in [3.8, 4) is 0 Å². The SMILES string of the molecule is C[C@@H](CC[C@@]1(O)OC2C[C@H]3[C@@H]4CC[C@@H]5C[C@@H](O[C@@H]6O[C@H](CO[C@@H]7O[C@H](CO)[C@@H](O)[C@H](O)[C@H]7O)[C@@H](O[C@@H]7O[C@@H](C)[C@H](O)[C@@H](O)[C@H]7O)[C@H](O)[C@H]6O[C@@H]6O[C@H](CO)[C@@H](O)[C@H](O)[C@H]6O)CC[C@]5(C)[C@H]4CC[C@]3(C)[C@H]2[C@@H]1C)CO[C@@H]1O[C@H](CO)[C@@H](O)[C@H](O)[C@H]1O. The first-order valence-corrected chi connectivity index (χ1v) is 30.7. The van der Waals surface area contributed by atoms with E-state index in [9.17, 15) is 86.8 Å². The normalized spacial score (nSPS) is 55.8. The summed E-state index contributed by atoms with van der Waals surface area (Å²) in [6.45, 7) is 7.51. The topological polar surface area (TPSA) is 445 Å². The average molecular weight is 1230 g/mol. The highest BCUT2D eigenvalue weighted by molar-refractivity contribution is 5.15. The van der Waals surface area contributed by atoms with Crippen LogP contribution >= 0.6 is 0 Å². The van der Waals surface area contributed by atoms with Crippen LogP contribution in [0, 0.1) is 52.3 Å². The van der Waals surface area contributed by atoms with Crippen LogP contribution in [0.15, 0.2) is 0 Å². The molecule has 10 aliphatic rings. The first-order valence-electron chi connectivity index (χ1n) is 30.7. The van der Waals surface area contributed by atoms with Crippen molar-refractivity contribution in [2.45, 2.75) is 270 Å². The van der Waals surface area contributed by atoms with Crippen LogP contribution in [0.1, 0.15) is 98.8 Å². The minimum absolute atomic E-state index is 0.0999. The Morgan fingerprint density at radius 3 is 1.61 bits per heavy atom. The van der Waals surface area contributed by atoms with Crippen LogP contribution in [0.25, 0.3) is 0 Å².